The van der Waals surface area contributed by atoms with Gasteiger partial charge in [0.15, 0.2) is 0 Å². The van der Waals surface area contributed by atoms with Gasteiger partial charge in [0, 0.05) is 19.4 Å². The highest BCUT2D eigenvalue weighted by Gasteiger charge is 2.37. The summed E-state index contributed by atoms with van der Waals surface area (Å²) in [5.74, 6) is -9.45. The molecule has 1 aliphatic rings. The van der Waals surface area contributed by atoms with Crippen LogP contribution >= 0.6 is 0 Å². The Morgan fingerprint density at radius 2 is 1.06 bits per heavy atom. The zero-order valence-corrected chi connectivity index (χ0v) is 51.1. The van der Waals surface area contributed by atoms with Crippen molar-refractivity contribution in [2.45, 2.75) is 205 Å². The Morgan fingerprint density at radius 3 is 1.56 bits per heavy atom. The molecular weight excluding hydrogens is 1120 g/mol. The third-order valence-corrected chi connectivity index (χ3v) is 14.5. The molecule has 486 valence electrons. The maximum atomic E-state index is 14.6. The number of amides is 11. The van der Waals surface area contributed by atoms with Crippen LogP contribution in [0.4, 0.5) is 0 Å². The molecule has 1 heterocycles. The smallest absolute Gasteiger partial charge is 0.245 e. The SMILES string of the molecule is CCC(C)CCCCC(=O)N[C@@H](CCN)C(=O)N[C@H](C(=O)N[C@@H](CCN)C(=O)N[C@H]1CCNC(=O)[C@H](C(C)O)NC(=O)[C@H](CCN)NC(=O)[C@H](CCN)NC(=O)[C@H](CC(C)C)NC(=O)[C@@H](Cc2ccc(C)cc2)NC(=O)[C@H](CCN)NC1=O)C(C)O. The highest BCUT2D eigenvalue weighted by molar-refractivity contribution is 5.99. The number of carbonyl (C=O) groups excluding carboxylic acids is 11. The van der Waals surface area contributed by atoms with Crippen LogP contribution in [-0.4, -0.2) is 187 Å². The Morgan fingerprint density at radius 1 is 0.570 bits per heavy atom. The van der Waals surface area contributed by atoms with Gasteiger partial charge >= 0.3 is 0 Å². The van der Waals surface area contributed by atoms with Gasteiger partial charge in [-0.25, -0.2) is 0 Å². The van der Waals surface area contributed by atoms with Crippen LogP contribution in [-0.2, 0) is 59.2 Å². The van der Waals surface area contributed by atoms with Gasteiger partial charge in [0.25, 0.3) is 0 Å². The Balaban J connectivity index is 2.69. The van der Waals surface area contributed by atoms with Crippen LogP contribution in [0.5, 0.6) is 0 Å². The summed E-state index contributed by atoms with van der Waals surface area (Å²) in [4.78, 5) is 154. The molecule has 1 aromatic carbocycles. The van der Waals surface area contributed by atoms with Crippen molar-refractivity contribution >= 4 is 65.0 Å². The fourth-order valence-electron chi connectivity index (χ4n) is 9.23. The van der Waals surface area contributed by atoms with E-state index in [0.29, 0.717) is 17.9 Å². The largest absolute Gasteiger partial charge is 0.391 e. The standard InChI is InChI=1S/C57H100N16O13/c1-8-32(4)11-9-10-12-45(76)64-37(17-23-58)52(81)73-47(35(7)75)57(86)69-40(20-26-61)49(78)68-42-22-28-63-56(85)46(34(6)74)72-53(82)41(21-27-62)66-48(77)38(18-24-59)67-54(83)43(29-31(2)3)70-55(84)44(30-36-15-13-33(5)14-16-36)71-50(79)39(19-25-60)65-51(42)80/h13-16,31-32,34-35,37-44,46-47,74-75H,8-12,17-30,58-62H2,1-7H3,(H,63,85)(H,64,76)(H,65,80)(H,66,77)(H,67,83)(H,68,78)(H,69,86)(H,70,84)(H,71,79)(H,72,82)(H,73,81)/t32?,34?,35?,37-,38-,39-,40-,41-,42-,43-,44+,46-,47-/m0/s1. The van der Waals surface area contributed by atoms with Crippen molar-refractivity contribution in [3.05, 3.63) is 35.4 Å². The van der Waals surface area contributed by atoms with E-state index in [1.807, 2.05) is 6.92 Å². The Hall–Kier alpha value is -6.89. The highest BCUT2D eigenvalue weighted by Crippen LogP contribution is 2.14. The molecule has 11 amide bonds. The first-order chi connectivity index (χ1) is 40.7. The lowest BCUT2D eigenvalue weighted by Crippen LogP contribution is -2.62. The van der Waals surface area contributed by atoms with Crippen molar-refractivity contribution in [1.82, 2.24) is 58.5 Å². The lowest BCUT2D eigenvalue weighted by Gasteiger charge is -2.29. The first-order valence-electron chi connectivity index (χ1n) is 30.0. The number of aliphatic hydroxyl groups excluding tert-OH is 2. The number of unbranched alkanes of at least 4 members (excludes halogenated alkanes) is 1. The van der Waals surface area contributed by atoms with Crippen LogP contribution in [0.15, 0.2) is 24.3 Å². The van der Waals surface area contributed by atoms with E-state index in [4.69, 9.17) is 28.7 Å². The van der Waals surface area contributed by atoms with Crippen LogP contribution in [0.1, 0.15) is 130 Å². The molecule has 0 bridgehead atoms. The normalized spacial score (nSPS) is 22.8. The number of aryl methyl sites for hydroxylation is 1. The van der Waals surface area contributed by atoms with Crippen LogP contribution in [0, 0.1) is 18.8 Å². The van der Waals surface area contributed by atoms with E-state index in [-0.39, 0.29) is 90.0 Å². The molecule has 29 heteroatoms. The lowest BCUT2D eigenvalue weighted by atomic mass is 9.99. The van der Waals surface area contributed by atoms with E-state index in [0.717, 1.165) is 24.8 Å². The molecule has 1 aromatic rings. The molecule has 0 aromatic heterocycles. The number of carbonyl (C=O) groups is 11. The quantitative estimate of drug-likeness (QED) is 0.0334. The first kappa shape index (κ1) is 75.2. The monoisotopic (exact) mass is 1220 g/mol. The third-order valence-electron chi connectivity index (χ3n) is 14.5. The summed E-state index contributed by atoms with van der Waals surface area (Å²) < 4.78 is 0. The van der Waals surface area contributed by atoms with Crippen LogP contribution < -0.4 is 87.2 Å². The molecule has 23 N–H and O–H groups in total. The third kappa shape index (κ3) is 26.8. The average molecular weight is 1220 g/mol. The van der Waals surface area contributed by atoms with E-state index >= 15 is 0 Å². The number of rotatable bonds is 29. The molecule has 2 rings (SSSR count). The van der Waals surface area contributed by atoms with Gasteiger partial charge in [0.05, 0.1) is 12.2 Å². The number of nitrogens with one attached hydrogen (secondary N) is 11. The maximum Gasteiger partial charge on any atom is 0.245 e. The van der Waals surface area contributed by atoms with Gasteiger partial charge in [-0.1, -0.05) is 76.8 Å². The van der Waals surface area contributed by atoms with Gasteiger partial charge in [0.2, 0.25) is 65.0 Å². The molecule has 86 heavy (non-hydrogen) atoms. The van der Waals surface area contributed by atoms with Crippen LogP contribution in [0.3, 0.4) is 0 Å². The molecule has 1 fully saturated rings. The van der Waals surface area contributed by atoms with Crippen molar-refractivity contribution in [2.75, 3.05) is 39.3 Å². The van der Waals surface area contributed by atoms with E-state index in [2.05, 4.69) is 72.3 Å². The minimum atomic E-state index is -1.70. The van der Waals surface area contributed by atoms with Crippen molar-refractivity contribution in [3.63, 3.8) is 0 Å². The van der Waals surface area contributed by atoms with Crippen molar-refractivity contribution in [1.29, 1.82) is 0 Å². The Bertz CT molecular complexity index is 2360. The molecule has 0 aliphatic carbocycles. The first-order valence-corrected chi connectivity index (χ1v) is 30.0. The van der Waals surface area contributed by atoms with Crippen molar-refractivity contribution in [2.24, 2.45) is 40.5 Å². The van der Waals surface area contributed by atoms with E-state index in [1.54, 1.807) is 38.1 Å². The summed E-state index contributed by atoms with van der Waals surface area (Å²) in [6, 6.07) is -7.75. The second-order valence-electron chi connectivity index (χ2n) is 22.5. The van der Waals surface area contributed by atoms with Crippen LogP contribution in [0.25, 0.3) is 0 Å². The zero-order chi connectivity index (χ0) is 64.6. The number of hydrogen-bond acceptors (Lipinski definition) is 18. The minimum absolute atomic E-state index is 0.0175. The fourth-order valence-corrected chi connectivity index (χ4v) is 9.23. The lowest BCUT2D eigenvalue weighted by molar-refractivity contribution is -0.137. The van der Waals surface area contributed by atoms with E-state index in [9.17, 15) is 63.0 Å². The summed E-state index contributed by atoms with van der Waals surface area (Å²) in [5, 5.41) is 49.8. The van der Waals surface area contributed by atoms with Gasteiger partial charge in [-0.3, -0.25) is 52.7 Å². The summed E-state index contributed by atoms with van der Waals surface area (Å²) in [7, 11) is 0. The Labute approximate surface area is 504 Å². The predicted molar refractivity (Wildman–Crippen MR) is 321 cm³/mol. The number of benzene rings is 1. The molecule has 1 saturated heterocycles. The molecule has 1 aliphatic heterocycles. The second kappa shape index (κ2) is 39.7. The second-order valence-corrected chi connectivity index (χ2v) is 22.5. The summed E-state index contributed by atoms with van der Waals surface area (Å²) in [6.07, 6.45) is -1.06. The summed E-state index contributed by atoms with van der Waals surface area (Å²) in [6.45, 7) is 10.9. The minimum Gasteiger partial charge on any atom is -0.391 e. The highest BCUT2D eigenvalue weighted by atomic mass is 16.3. The van der Waals surface area contributed by atoms with Crippen LogP contribution in [0.2, 0.25) is 0 Å². The maximum absolute atomic E-state index is 14.6. The number of hydrogen-bond donors (Lipinski definition) is 18. The fraction of sp³-hybridized carbons (Fsp3) is 0.702. The number of nitrogens with two attached hydrogens (primary N) is 5. The number of aliphatic hydroxyl groups is 2. The molecule has 0 radical (unpaired) electrons. The van der Waals surface area contributed by atoms with Crippen molar-refractivity contribution < 1.29 is 63.0 Å². The van der Waals surface area contributed by atoms with Gasteiger partial charge in [0.1, 0.15) is 60.4 Å². The average Bonchev–Trinajstić information content (AvgIpc) is 3.59. The van der Waals surface area contributed by atoms with Gasteiger partial charge < -0.3 is 97.4 Å². The summed E-state index contributed by atoms with van der Waals surface area (Å²) >= 11 is 0. The van der Waals surface area contributed by atoms with E-state index in [1.165, 1.54) is 13.8 Å². The van der Waals surface area contributed by atoms with Gasteiger partial charge in [-0.2, -0.15) is 0 Å². The topological polar surface area (TPSA) is 491 Å². The van der Waals surface area contributed by atoms with Gasteiger partial charge in [-0.05, 0) is 122 Å². The zero-order valence-electron chi connectivity index (χ0n) is 51.1. The molecule has 13 atom stereocenters. The molecule has 3 unspecified atom stereocenters. The molecular formula is C57H100N16O13. The molecule has 29 nitrogen and oxygen atoms in total. The van der Waals surface area contributed by atoms with E-state index < -0.39 is 151 Å². The summed E-state index contributed by atoms with van der Waals surface area (Å²) in [5.41, 5.74) is 30.9. The molecule has 0 spiro atoms. The molecule has 0 saturated carbocycles. The predicted octanol–water partition coefficient (Wildman–Crippen LogP) is -4.94. The van der Waals surface area contributed by atoms with Gasteiger partial charge in [-0.15, -0.1) is 0 Å². The Kier molecular flexibility index (Phi) is 34.8. The van der Waals surface area contributed by atoms with Crippen molar-refractivity contribution in [3.8, 4) is 0 Å².